The van der Waals surface area contributed by atoms with Crippen molar-refractivity contribution in [1.82, 2.24) is 10.3 Å². The van der Waals surface area contributed by atoms with Gasteiger partial charge in [-0.15, -0.1) is 11.8 Å². The van der Waals surface area contributed by atoms with Crippen LogP contribution in [0.2, 0.25) is 0 Å². The summed E-state index contributed by atoms with van der Waals surface area (Å²) in [5.41, 5.74) is 1.56. The van der Waals surface area contributed by atoms with Crippen LogP contribution in [0, 0.1) is 0 Å². The van der Waals surface area contributed by atoms with E-state index in [1.165, 1.54) is 11.8 Å². The molecule has 1 aromatic heterocycles. The number of pyridine rings is 1. The minimum atomic E-state index is -0.274. The van der Waals surface area contributed by atoms with E-state index in [0.29, 0.717) is 5.69 Å². The fraction of sp³-hybridized carbons (Fsp3) is 0.105. The molecule has 0 spiro atoms. The van der Waals surface area contributed by atoms with E-state index in [1.807, 2.05) is 48.5 Å². The van der Waals surface area contributed by atoms with Gasteiger partial charge in [0.15, 0.2) is 0 Å². The second kappa shape index (κ2) is 8.82. The van der Waals surface area contributed by atoms with E-state index in [9.17, 15) is 9.59 Å². The van der Waals surface area contributed by atoms with Gasteiger partial charge < -0.3 is 10.6 Å². The average Bonchev–Trinajstić information content (AvgIpc) is 2.66. The molecule has 26 heavy (non-hydrogen) atoms. The normalized spacial score (nSPS) is 10.5. The summed E-state index contributed by atoms with van der Waals surface area (Å²) in [7, 11) is 0. The molecule has 2 amide bonds. The van der Waals surface area contributed by atoms with Crippen molar-refractivity contribution in [1.29, 1.82) is 0 Å². The molecule has 0 fully saturated rings. The largest absolute Gasteiger partial charge is 0.346 e. The smallest absolute Gasteiger partial charge is 0.243 e. The van der Waals surface area contributed by atoms with Gasteiger partial charge >= 0.3 is 0 Å². The molecule has 1 heterocycles. The third-order valence-corrected chi connectivity index (χ3v) is 5.33. The van der Waals surface area contributed by atoms with E-state index in [4.69, 9.17) is 0 Å². The molecule has 0 unspecified atom stereocenters. The number of amides is 2. The standard InChI is InChI=1S/C19H16BrN3O2S/c20-14-6-2-4-8-16(14)23-18(24)11-22-19(25)12-26-17-9-10-21-15-7-3-1-5-13(15)17/h1-10H,11-12H2,(H,22,25)(H,23,24). The zero-order valence-electron chi connectivity index (χ0n) is 13.7. The highest BCUT2D eigenvalue weighted by Crippen LogP contribution is 2.26. The van der Waals surface area contributed by atoms with E-state index in [2.05, 4.69) is 31.5 Å². The molecule has 0 radical (unpaired) electrons. The van der Waals surface area contributed by atoms with Crippen LogP contribution in [0.4, 0.5) is 5.69 Å². The molecule has 7 heteroatoms. The highest BCUT2D eigenvalue weighted by molar-refractivity contribution is 9.10. The fourth-order valence-corrected chi connectivity index (χ4v) is 3.58. The first-order valence-electron chi connectivity index (χ1n) is 7.91. The van der Waals surface area contributed by atoms with Crippen molar-refractivity contribution < 1.29 is 9.59 Å². The zero-order valence-corrected chi connectivity index (χ0v) is 16.1. The summed E-state index contributed by atoms with van der Waals surface area (Å²) < 4.78 is 0.791. The van der Waals surface area contributed by atoms with Gasteiger partial charge in [0.1, 0.15) is 0 Å². The number of rotatable bonds is 6. The summed E-state index contributed by atoms with van der Waals surface area (Å²) >= 11 is 4.79. The van der Waals surface area contributed by atoms with Crippen LogP contribution < -0.4 is 10.6 Å². The molecule has 3 aromatic rings. The molecule has 0 atom stereocenters. The van der Waals surface area contributed by atoms with Crippen LogP contribution in [0.15, 0.2) is 70.2 Å². The first-order chi connectivity index (χ1) is 12.6. The molecular formula is C19H16BrN3O2S. The van der Waals surface area contributed by atoms with Crippen molar-refractivity contribution in [2.75, 3.05) is 17.6 Å². The first-order valence-corrected chi connectivity index (χ1v) is 9.69. The second-order valence-corrected chi connectivity index (χ2v) is 7.29. The molecule has 0 aliphatic carbocycles. The van der Waals surface area contributed by atoms with E-state index in [1.54, 1.807) is 12.3 Å². The van der Waals surface area contributed by atoms with Gasteiger partial charge in [0.25, 0.3) is 0 Å². The molecule has 0 bridgehead atoms. The number of carbonyl (C=O) groups excluding carboxylic acids is 2. The number of carbonyl (C=O) groups is 2. The highest BCUT2D eigenvalue weighted by atomic mass is 79.9. The topological polar surface area (TPSA) is 71.1 Å². The number of benzene rings is 2. The van der Waals surface area contributed by atoms with Gasteiger partial charge in [-0.05, 0) is 40.2 Å². The summed E-state index contributed by atoms with van der Waals surface area (Å²) in [4.78, 5) is 29.3. The number of aromatic nitrogens is 1. The maximum Gasteiger partial charge on any atom is 0.243 e. The van der Waals surface area contributed by atoms with Crippen LogP contribution >= 0.6 is 27.7 Å². The van der Waals surface area contributed by atoms with Crippen molar-refractivity contribution in [3.8, 4) is 0 Å². The van der Waals surface area contributed by atoms with Crippen molar-refractivity contribution >= 4 is 56.1 Å². The Balaban J connectivity index is 1.50. The van der Waals surface area contributed by atoms with Gasteiger partial charge in [-0.25, -0.2) is 0 Å². The van der Waals surface area contributed by atoms with Crippen LogP contribution in [0.1, 0.15) is 0 Å². The summed E-state index contributed by atoms with van der Waals surface area (Å²) in [5, 5.41) is 6.40. The fourth-order valence-electron chi connectivity index (χ4n) is 2.33. The second-order valence-electron chi connectivity index (χ2n) is 5.42. The van der Waals surface area contributed by atoms with Crippen LogP contribution in [0.3, 0.4) is 0 Å². The molecule has 5 nitrogen and oxygen atoms in total. The molecular weight excluding hydrogens is 414 g/mol. The molecule has 3 rings (SSSR count). The van der Waals surface area contributed by atoms with E-state index >= 15 is 0 Å². The van der Waals surface area contributed by atoms with E-state index in [0.717, 1.165) is 20.3 Å². The van der Waals surface area contributed by atoms with Crippen molar-refractivity contribution in [3.63, 3.8) is 0 Å². The molecule has 0 saturated carbocycles. The third-order valence-electron chi connectivity index (χ3n) is 3.56. The maximum atomic E-state index is 12.0. The molecule has 2 N–H and O–H groups in total. The molecule has 2 aromatic carbocycles. The van der Waals surface area contributed by atoms with Gasteiger partial charge in [-0.3, -0.25) is 14.6 Å². The lowest BCUT2D eigenvalue weighted by molar-refractivity contribution is -0.122. The minimum absolute atomic E-state index is 0.0716. The Kier molecular flexibility index (Phi) is 6.25. The SMILES string of the molecule is O=C(CSc1ccnc2ccccc12)NCC(=O)Nc1ccccc1Br. The number of halogens is 1. The quantitative estimate of drug-likeness (QED) is 0.583. The molecule has 0 aliphatic heterocycles. The summed E-state index contributed by atoms with van der Waals surface area (Å²) in [6.07, 6.45) is 1.73. The number of para-hydroxylation sites is 2. The van der Waals surface area contributed by atoms with Crippen LogP contribution in [-0.4, -0.2) is 29.1 Å². The summed E-state index contributed by atoms with van der Waals surface area (Å²) in [6, 6.07) is 17.0. The van der Waals surface area contributed by atoms with Crippen LogP contribution in [0.25, 0.3) is 10.9 Å². The van der Waals surface area contributed by atoms with Crippen molar-refractivity contribution in [2.24, 2.45) is 0 Å². The van der Waals surface area contributed by atoms with Crippen LogP contribution in [-0.2, 0) is 9.59 Å². The number of hydrogen-bond acceptors (Lipinski definition) is 4. The Bertz CT molecular complexity index is 943. The predicted octanol–water partition coefficient (Wildman–Crippen LogP) is 3.84. The van der Waals surface area contributed by atoms with Crippen molar-refractivity contribution in [3.05, 3.63) is 65.3 Å². The van der Waals surface area contributed by atoms with Crippen LogP contribution in [0.5, 0.6) is 0 Å². The molecule has 0 saturated heterocycles. The van der Waals surface area contributed by atoms with Gasteiger partial charge in [-0.1, -0.05) is 30.3 Å². The van der Waals surface area contributed by atoms with Gasteiger partial charge in [0, 0.05) is 21.0 Å². The molecule has 132 valence electrons. The van der Waals surface area contributed by atoms with Gasteiger partial charge in [0.05, 0.1) is 23.5 Å². The van der Waals surface area contributed by atoms with Crippen molar-refractivity contribution in [2.45, 2.75) is 4.90 Å². The summed E-state index contributed by atoms with van der Waals surface area (Å²) in [6.45, 7) is -0.0716. The lowest BCUT2D eigenvalue weighted by atomic mass is 10.2. The lowest BCUT2D eigenvalue weighted by Gasteiger charge is -2.09. The lowest BCUT2D eigenvalue weighted by Crippen LogP contribution is -2.33. The Labute approximate surface area is 163 Å². The van der Waals surface area contributed by atoms with E-state index in [-0.39, 0.29) is 24.1 Å². The number of fused-ring (bicyclic) bond motifs is 1. The highest BCUT2D eigenvalue weighted by Gasteiger charge is 2.09. The predicted molar refractivity (Wildman–Crippen MR) is 108 cm³/mol. The Hall–Kier alpha value is -2.38. The number of thioether (sulfide) groups is 1. The molecule has 0 aliphatic rings. The van der Waals surface area contributed by atoms with Gasteiger partial charge in [0.2, 0.25) is 11.8 Å². The van der Waals surface area contributed by atoms with E-state index < -0.39 is 0 Å². The monoisotopic (exact) mass is 429 g/mol. The first kappa shape index (κ1) is 18.4. The third kappa shape index (κ3) is 4.83. The number of anilines is 1. The number of nitrogens with one attached hydrogen (secondary N) is 2. The zero-order chi connectivity index (χ0) is 18.4. The number of hydrogen-bond donors (Lipinski definition) is 2. The maximum absolute atomic E-state index is 12.0. The Morgan fingerprint density at radius 2 is 1.77 bits per heavy atom. The number of nitrogens with zero attached hydrogens (tertiary/aromatic N) is 1. The Morgan fingerprint density at radius 3 is 2.62 bits per heavy atom. The summed E-state index contributed by atoms with van der Waals surface area (Å²) in [5.74, 6) is -0.237. The Morgan fingerprint density at radius 1 is 1.00 bits per heavy atom. The average molecular weight is 430 g/mol. The minimum Gasteiger partial charge on any atom is -0.346 e. The van der Waals surface area contributed by atoms with Gasteiger partial charge in [-0.2, -0.15) is 0 Å².